The summed E-state index contributed by atoms with van der Waals surface area (Å²) in [5.41, 5.74) is 2.45. The molecule has 1 unspecified atom stereocenters. The minimum Gasteiger partial charge on any atom is -0.454 e. The highest BCUT2D eigenvalue weighted by atomic mass is 16.7. The summed E-state index contributed by atoms with van der Waals surface area (Å²) in [5.74, 6) is 1.91. The van der Waals surface area contributed by atoms with Gasteiger partial charge >= 0.3 is 0 Å². The average molecular weight is 248 g/mol. The van der Waals surface area contributed by atoms with Gasteiger partial charge in [-0.1, -0.05) is 0 Å². The Balaban J connectivity index is 1.93. The number of methoxy groups -OCH3 is 1. The smallest absolute Gasteiger partial charge is 0.231 e. The third-order valence-electron chi connectivity index (χ3n) is 3.79. The summed E-state index contributed by atoms with van der Waals surface area (Å²) in [7, 11) is 1.68. The second-order valence-corrected chi connectivity index (χ2v) is 4.90. The fourth-order valence-electron chi connectivity index (χ4n) is 2.82. The summed E-state index contributed by atoms with van der Waals surface area (Å²) in [6.07, 6.45) is 2.68. The molecular formula is C14H16O4. The van der Waals surface area contributed by atoms with Crippen LogP contribution in [-0.4, -0.2) is 26.8 Å². The number of benzene rings is 1. The number of fused-ring (bicyclic) bond motifs is 2. The van der Waals surface area contributed by atoms with Gasteiger partial charge in [-0.15, -0.1) is 0 Å². The molecule has 0 bridgehead atoms. The zero-order chi connectivity index (χ0) is 12.5. The fourth-order valence-corrected chi connectivity index (χ4v) is 2.82. The molecule has 4 heteroatoms. The number of aldehydes is 1. The van der Waals surface area contributed by atoms with Crippen LogP contribution < -0.4 is 9.47 Å². The molecule has 0 saturated carbocycles. The van der Waals surface area contributed by atoms with E-state index in [1.54, 1.807) is 7.11 Å². The van der Waals surface area contributed by atoms with Crippen molar-refractivity contribution in [1.29, 1.82) is 0 Å². The Labute approximate surface area is 106 Å². The molecule has 2 aliphatic rings. The van der Waals surface area contributed by atoms with Crippen LogP contribution in [0.3, 0.4) is 0 Å². The van der Waals surface area contributed by atoms with E-state index in [0.29, 0.717) is 6.61 Å². The van der Waals surface area contributed by atoms with Crippen molar-refractivity contribution in [3.8, 4) is 11.5 Å². The van der Waals surface area contributed by atoms with E-state index in [0.717, 1.165) is 30.6 Å². The third kappa shape index (κ3) is 1.86. The van der Waals surface area contributed by atoms with Crippen molar-refractivity contribution >= 4 is 6.29 Å². The molecule has 1 aliphatic carbocycles. The summed E-state index contributed by atoms with van der Waals surface area (Å²) in [6, 6.07) is 4.05. The maximum absolute atomic E-state index is 11.2. The summed E-state index contributed by atoms with van der Waals surface area (Å²) in [5, 5.41) is 0. The van der Waals surface area contributed by atoms with Gasteiger partial charge in [-0.2, -0.15) is 0 Å². The minimum absolute atomic E-state index is 0.0396. The number of rotatable bonds is 3. The predicted molar refractivity (Wildman–Crippen MR) is 64.9 cm³/mol. The van der Waals surface area contributed by atoms with Gasteiger partial charge in [-0.25, -0.2) is 0 Å². The van der Waals surface area contributed by atoms with Crippen molar-refractivity contribution in [2.75, 3.05) is 20.5 Å². The molecule has 0 radical (unpaired) electrons. The van der Waals surface area contributed by atoms with Gasteiger partial charge in [0, 0.05) is 13.0 Å². The molecule has 2 atom stereocenters. The summed E-state index contributed by atoms with van der Waals surface area (Å²) < 4.78 is 16.0. The third-order valence-corrected chi connectivity index (χ3v) is 3.79. The van der Waals surface area contributed by atoms with Crippen molar-refractivity contribution in [3.63, 3.8) is 0 Å². The van der Waals surface area contributed by atoms with Crippen LogP contribution in [0.15, 0.2) is 12.1 Å². The molecule has 1 aliphatic heterocycles. The molecule has 1 aromatic carbocycles. The molecule has 0 saturated heterocycles. The van der Waals surface area contributed by atoms with Crippen LogP contribution in [0.5, 0.6) is 11.5 Å². The number of hydrogen-bond donors (Lipinski definition) is 0. The van der Waals surface area contributed by atoms with Crippen LogP contribution in [0.25, 0.3) is 0 Å². The Morgan fingerprint density at radius 2 is 1.94 bits per heavy atom. The second kappa shape index (κ2) is 4.61. The second-order valence-electron chi connectivity index (χ2n) is 4.90. The van der Waals surface area contributed by atoms with E-state index in [4.69, 9.17) is 14.2 Å². The Morgan fingerprint density at radius 1 is 1.28 bits per heavy atom. The first-order chi connectivity index (χ1) is 8.81. The highest BCUT2D eigenvalue weighted by molar-refractivity contribution is 5.58. The Bertz CT molecular complexity index is 469. The number of carbonyl (C=O) groups is 1. The summed E-state index contributed by atoms with van der Waals surface area (Å²) >= 11 is 0. The van der Waals surface area contributed by atoms with Gasteiger partial charge in [0.15, 0.2) is 11.5 Å². The molecule has 96 valence electrons. The van der Waals surface area contributed by atoms with Crippen LogP contribution in [0, 0.1) is 11.8 Å². The first-order valence-corrected chi connectivity index (χ1v) is 6.17. The SMILES string of the molecule is COCC1Cc2cc3c(cc2C[C@H]1C=O)OCO3. The molecule has 4 nitrogen and oxygen atoms in total. The normalized spacial score (nSPS) is 24.7. The first kappa shape index (κ1) is 11.5. The number of hydrogen-bond acceptors (Lipinski definition) is 4. The molecule has 0 spiro atoms. The van der Waals surface area contributed by atoms with Crippen LogP contribution >= 0.6 is 0 Å². The van der Waals surface area contributed by atoms with E-state index in [1.165, 1.54) is 11.1 Å². The zero-order valence-corrected chi connectivity index (χ0v) is 10.3. The standard InChI is InChI=1S/C14H16O4/c1-16-7-12-3-10-5-14-13(17-8-18-14)4-9(10)2-11(12)6-15/h4-6,11-12H,2-3,7-8H2,1H3/t11-,12?/m0/s1. The minimum atomic E-state index is 0.0396. The lowest BCUT2D eigenvalue weighted by Gasteiger charge is -2.29. The maximum Gasteiger partial charge on any atom is 0.231 e. The Hall–Kier alpha value is -1.55. The molecule has 1 aromatic rings. The number of ether oxygens (including phenoxy) is 3. The van der Waals surface area contributed by atoms with Crippen molar-refractivity contribution in [2.45, 2.75) is 12.8 Å². The Kier molecular flexibility index (Phi) is 2.96. The fraction of sp³-hybridized carbons (Fsp3) is 0.500. The van der Waals surface area contributed by atoms with E-state index in [1.807, 2.05) is 12.1 Å². The van der Waals surface area contributed by atoms with E-state index >= 15 is 0 Å². The zero-order valence-electron chi connectivity index (χ0n) is 10.3. The van der Waals surface area contributed by atoms with Gasteiger partial charge in [-0.3, -0.25) is 0 Å². The quantitative estimate of drug-likeness (QED) is 0.762. The van der Waals surface area contributed by atoms with Crippen molar-refractivity contribution in [1.82, 2.24) is 0 Å². The van der Waals surface area contributed by atoms with Gasteiger partial charge in [-0.05, 0) is 42.0 Å². The van der Waals surface area contributed by atoms with E-state index < -0.39 is 0 Å². The molecule has 18 heavy (non-hydrogen) atoms. The predicted octanol–water partition coefficient (Wildman–Crippen LogP) is 1.59. The Morgan fingerprint density at radius 3 is 2.56 bits per heavy atom. The molecule has 0 N–H and O–H groups in total. The van der Waals surface area contributed by atoms with Gasteiger partial charge in [0.2, 0.25) is 6.79 Å². The van der Waals surface area contributed by atoms with Gasteiger partial charge < -0.3 is 19.0 Å². The van der Waals surface area contributed by atoms with Gasteiger partial charge in [0.1, 0.15) is 6.29 Å². The van der Waals surface area contributed by atoms with Crippen LogP contribution in [0.2, 0.25) is 0 Å². The summed E-state index contributed by atoms with van der Waals surface area (Å²) in [6.45, 7) is 0.911. The average Bonchev–Trinajstić information content (AvgIpc) is 2.82. The van der Waals surface area contributed by atoms with Crippen molar-refractivity contribution < 1.29 is 19.0 Å². The van der Waals surface area contributed by atoms with Crippen molar-refractivity contribution in [2.24, 2.45) is 11.8 Å². The van der Waals surface area contributed by atoms with E-state index in [-0.39, 0.29) is 18.6 Å². The summed E-state index contributed by atoms with van der Waals surface area (Å²) in [4.78, 5) is 11.2. The van der Waals surface area contributed by atoms with E-state index in [9.17, 15) is 4.79 Å². The maximum atomic E-state index is 11.2. The highest BCUT2D eigenvalue weighted by Gasteiger charge is 2.30. The highest BCUT2D eigenvalue weighted by Crippen LogP contribution is 2.39. The lowest BCUT2D eigenvalue weighted by atomic mass is 9.77. The lowest BCUT2D eigenvalue weighted by molar-refractivity contribution is -0.113. The van der Waals surface area contributed by atoms with Crippen LogP contribution in [-0.2, 0) is 22.4 Å². The first-order valence-electron chi connectivity index (χ1n) is 6.17. The number of carbonyl (C=O) groups excluding carboxylic acids is 1. The van der Waals surface area contributed by atoms with Gasteiger partial charge in [0.25, 0.3) is 0 Å². The molecule has 0 aromatic heterocycles. The topological polar surface area (TPSA) is 44.8 Å². The van der Waals surface area contributed by atoms with Crippen LogP contribution in [0.4, 0.5) is 0 Å². The van der Waals surface area contributed by atoms with Crippen LogP contribution in [0.1, 0.15) is 11.1 Å². The lowest BCUT2D eigenvalue weighted by Crippen LogP contribution is -2.29. The van der Waals surface area contributed by atoms with Gasteiger partial charge in [0.05, 0.1) is 6.61 Å². The largest absolute Gasteiger partial charge is 0.454 e. The molecule has 0 amide bonds. The van der Waals surface area contributed by atoms with E-state index in [2.05, 4.69) is 0 Å². The molecule has 0 fully saturated rings. The monoisotopic (exact) mass is 248 g/mol. The molecule has 3 rings (SSSR count). The molecule has 1 heterocycles. The molecular weight excluding hydrogens is 232 g/mol. The van der Waals surface area contributed by atoms with Crippen molar-refractivity contribution in [3.05, 3.63) is 23.3 Å².